The maximum atomic E-state index is 8.47. The molecule has 0 saturated heterocycles. The first-order chi connectivity index (χ1) is 7.60. The number of rotatable bonds is 7. The van der Waals surface area contributed by atoms with Gasteiger partial charge in [-0.1, -0.05) is 0 Å². The van der Waals surface area contributed by atoms with E-state index in [0.717, 1.165) is 19.4 Å². The minimum absolute atomic E-state index is 0.435. The van der Waals surface area contributed by atoms with Crippen molar-refractivity contribution in [3.05, 3.63) is 0 Å². The second-order valence-corrected chi connectivity index (χ2v) is 5.33. The topological polar surface area (TPSA) is 30.3 Å². The fourth-order valence-electron chi connectivity index (χ4n) is 2.50. The number of unbranched alkanes of at least 4 members (excludes halogenated alkanes) is 2. The highest BCUT2D eigenvalue weighted by Gasteiger charge is 2.39. The van der Waals surface area contributed by atoms with Crippen molar-refractivity contribution in [3.8, 4) is 6.07 Å². The van der Waals surface area contributed by atoms with E-state index >= 15 is 0 Å². The average Bonchev–Trinajstić information content (AvgIpc) is 2.18. The molecule has 0 aromatic carbocycles. The molecule has 0 unspecified atom stereocenters. The maximum absolute atomic E-state index is 8.47. The van der Waals surface area contributed by atoms with Crippen LogP contribution in [-0.4, -0.2) is 49.6 Å². The molecule has 0 spiro atoms. The molecule has 0 aromatic heterocycles. The van der Waals surface area contributed by atoms with Crippen molar-refractivity contribution in [2.75, 3.05) is 34.2 Å². The SMILES string of the molecule is CN(CCCCC#N)CC1(N(C)C)CCC1. The van der Waals surface area contributed by atoms with E-state index in [-0.39, 0.29) is 0 Å². The number of nitrogens with zero attached hydrogens (tertiary/aromatic N) is 3. The molecule has 3 nitrogen and oxygen atoms in total. The van der Waals surface area contributed by atoms with Crippen LogP contribution in [0.15, 0.2) is 0 Å². The summed E-state index contributed by atoms with van der Waals surface area (Å²) in [5.41, 5.74) is 0.435. The van der Waals surface area contributed by atoms with Crippen LogP contribution in [0.1, 0.15) is 38.5 Å². The van der Waals surface area contributed by atoms with Gasteiger partial charge < -0.3 is 9.80 Å². The third-order valence-corrected chi connectivity index (χ3v) is 3.88. The minimum atomic E-state index is 0.435. The van der Waals surface area contributed by atoms with Gasteiger partial charge in [-0.3, -0.25) is 0 Å². The lowest BCUT2D eigenvalue weighted by Gasteiger charge is -2.49. The first-order valence-electron chi connectivity index (χ1n) is 6.34. The molecule has 92 valence electrons. The van der Waals surface area contributed by atoms with Crippen LogP contribution in [0.25, 0.3) is 0 Å². The summed E-state index contributed by atoms with van der Waals surface area (Å²) in [6.45, 7) is 2.30. The molecule has 0 amide bonds. The van der Waals surface area contributed by atoms with Crippen molar-refractivity contribution >= 4 is 0 Å². The first kappa shape index (κ1) is 13.5. The lowest BCUT2D eigenvalue weighted by Crippen LogP contribution is -2.56. The highest BCUT2D eigenvalue weighted by molar-refractivity contribution is 4.97. The van der Waals surface area contributed by atoms with Crippen LogP contribution in [0, 0.1) is 11.3 Å². The van der Waals surface area contributed by atoms with Crippen molar-refractivity contribution in [2.24, 2.45) is 0 Å². The van der Waals surface area contributed by atoms with E-state index in [1.807, 2.05) is 0 Å². The third-order valence-electron chi connectivity index (χ3n) is 3.88. The lowest BCUT2D eigenvalue weighted by atomic mass is 9.75. The van der Waals surface area contributed by atoms with Gasteiger partial charge in [-0.25, -0.2) is 0 Å². The van der Waals surface area contributed by atoms with Gasteiger partial charge in [-0.2, -0.15) is 5.26 Å². The Morgan fingerprint density at radius 1 is 1.19 bits per heavy atom. The molecule has 1 rings (SSSR count). The predicted octanol–water partition coefficient (Wildman–Crippen LogP) is 2.10. The molecule has 0 bridgehead atoms. The van der Waals surface area contributed by atoms with Crippen molar-refractivity contribution in [3.63, 3.8) is 0 Å². The summed E-state index contributed by atoms with van der Waals surface area (Å²) in [6.07, 6.45) is 6.93. The predicted molar refractivity (Wildman–Crippen MR) is 67.2 cm³/mol. The smallest absolute Gasteiger partial charge is 0.0621 e. The summed E-state index contributed by atoms with van der Waals surface area (Å²) in [6, 6.07) is 2.20. The van der Waals surface area contributed by atoms with Crippen LogP contribution >= 0.6 is 0 Å². The highest BCUT2D eigenvalue weighted by Crippen LogP contribution is 2.36. The van der Waals surface area contributed by atoms with Crippen molar-refractivity contribution < 1.29 is 0 Å². The van der Waals surface area contributed by atoms with E-state index in [1.54, 1.807) is 0 Å². The molecule has 0 aromatic rings. The normalized spacial score (nSPS) is 18.5. The summed E-state index contributed by atoms with van der Waals surface area (Å²) >= 11 is 0. The van der Waals surface area contributed by atoms with Gasteiger partial charge in [0.1, 0.15) is 0 Å². The van der Waals surface area contributed by atoms with Crippen molar-refractivity contribution in [1.82, 2.24) is 9.80 Å². The Kier molecular flexibility index (Phi) is 5.24. The van der Waals surface area contributed by atoms with Crippen LogP contribution in [0.5, 0.6) is 0 Å². The van der Waals surface area contributed by atoms with Crippen LogP contribution in [0.3, 0.4) is 0 Å². The Balaban J connectivity index is 2.22. The van der Waals surface area contributed by atoms with Gasteiger partial charge >= 0.3 is 0 Å². The monoisotopic (exact) mass is 223 g/mol. The zero-order chi connectivity index (χ0) is 12.0. The molecular formula is C13H25N3. The summed E-state index contributed by atoms with van der Waals surface area (Å²) in [5.74, 6) is 0. The average molecular weight is 223 g/mol. The van der Waals surface area contributed by atoms with Crippen molar-refractivity contribution in [2.45, 2.75) is 44.1 Å². The Morgan fingerprint density at radius 2 is 1.88 bits per heavy atom. The molecule has 1 aliphatic carbocycles. The highest BCUT2D eigenvalue weighted by atomic mass is 15.2. The first-order valence-corrected chi connectivity index (χ1v) is 6.34. The molecule has 16 heavy (non-hydrogen) atoms. The Morgan fingerprint density at radius 3 is 2.31 bits per heavy atom. The van der Waals surface area contributed by atoms with Gasteiger partial charge in [0.05, 0.1) is 6.07 Å². The van der Waals surface area contributed by atoms with Gasteiger partial charge in [0.2, 0.25) is 0 Å². The molecular weight excluding hydrogens is 198 g/mol. The number of hydrogen-bond acceptors (Lipinski definition) is 3. The summed E-state index contributed by atoms with van der Waals surface area (Å²) in [7, 11) is 6.60. The zero-order valence-electron chi connectivity index (χ0n) is 11.0. The lowest BCUT2D eigenvalue weighted by molar-refractivity contribution is 0.0275. The minimum Gasteiger partial charge on any atom is -0.305 e. The fraction of sp³-hybridized carbons (Fsp3) is 0.923. The van der Waals surface area contributed by atoms with Crippen LogP contribution in [0.4, 0.5) is 0 Å². The maximum Gasteiger partial charge on any atom is 0.0621 e. The van der Waals surface area contributed by atoms with E-state index in [9.17, 15) is 0 Å². The summed E-state index contributed by atoms with van der Waals surface area (Å²) in [4.78, 5) is 4.82. The Bertz CT molecular complexity index is 238. The molecule has 0 atom stereocenters. The molecule has 1 fully saturated rings. The fourth-order valence-corrected chi connectivity index (χ4v) is 2.50. The third kappa shape index (κ3) is 3.47. The molecule has 0 aliphatic heterocycles. The van der Waals surface area contributed by atoms with E-state index in [1.165, 1.54) is 25.8 Å². The van der Waals surface area contributed by atoms with Crippen LogP contribution in [0.2, 0.25) is 0 Å². The van der Waals surface area contributed by atoms with Gasteiger partial charge in [0, 0.05) is 18.5 Å². The number of nitriles is 1. The largest absolute Gasteiger partial charge is 0.305 e. The van der Waals surface area contributed by atoms with Crippen molar-refractivity contribution in [1.29, 1.82) is 5.26 Å². The zero-order valence-corrected chi connectivity index (χ0v) is 11.0. The molecule has 0 heterocycles. The van der Waals surface area contributed by atoms with E-state index in [2.05, 4.69) is 37.0 Å². The molecule has 1 saturated carbocycles. The molecule has 0 radical (unpaired) electrons. The molecule has 3 heteroatoms. The van der Waals surface area contributed by atoms with E-state index < -0.39 is 0 Å². The summed E-state index contributed by atoms with van der Waals surface area (Å²) < 4.78 is 0. The van der Waals surface area contributed by atoms with Crippen LogP contribution in [-0.2, 0) is 0 Å². The number of hydrogen-bond donors (Lipinski definition) is 0. The quantitative estimate of drug-likeness (QED) is 0.619. The van der Waals surface area contributed by atoms with Gasteiger partial charge in [-0.15, -0.1) is 0 Å². The van der Waals surface area contributed by atoms with Gasteiger partial charge in [0.25, 0.3) is 0 Å². The second-order valence-electron chi connectivity index (χ2n) is 5.33. The second kappa shape index (κ2) is 6.22. The summed E-state index contributed by atoms with van der Waals surface area (Å²) in [5, 5.41) is 8.47. The Labute approximate surface area is 100 Å². The van der Waals surface area contributed by atoms with E-state index in [0.29, 0.717) is 12.0 Å². The van der Waals surface area contributed by atoms with Gasteiger partial charge in [-0.05, 0) is 59.8 Å². The van der Waals surface area contributed by atoms with Gasteiger partial charge in [0.15, 0.2) is 0 Å². The Hall–Kier alpha value is -0.590. The standard InChI is InChI=1S/C13H25N3/c1-15(2)13(8-7-9-13)12-16(3)11-6-4-5-10-14/h4-9,11-12H2,1-3H3. The van der Waals surface area contributed by atoms with E-state index in [4.69, 9.17) is 5.26 Å². The van der Waals surface area contributed by atoms with Crippen LogP contribution < -0.4 is 0 Å². The molecule has 1 aliphatic rings. The number of likely N-dealkylation sites (N-methyl/N-ethyl adjacent to an activating group) is 2. The molecule has 0 N–H and O–H groups in total.